The monoisotopic (exact) mass is 294 g/mol. The van der Waals surface area contributed by atoms with Crippen LogP contribution in [0.3, 0.4) is 0 Å². The molecule has 0 aliphatic carbocycles. The fraction of sp³-hybridized carbons (Fsp3) is 0.308. The number of imidazole rings is 1. The van der Waals surface area contributed by atoms with Crippen LogP contribution in [0, 0.1) is 0 Å². The zero-order chi connectivity index (χ0) is 14.4. The molecule has 108 valence electrons. The van der Waals surface area contributed by atoms with Crippen molar-refractivity contribution in [3.63, 3.8) is 0 Å². The highest BCUT2D eigenvalue weighted by atomic mass is 32.2. The molecule has 0 spiro atoms. The highest BCUT2D eigenvalue weighted by Gasteiger charge is 2.12. The zero-order valence-electron chi connectivity index (χ0n) is 11.1. The van der Waals surface area contributed by atoms with Crippen molar-refractivity contribution in [2.24, 2.45) is 5.14 Å². The lowest BCUT2D eigenvalue weighted by Gasteiger charge is -2.10. The normalized spacial score (nSPS) is 11.4. The molecule has 0 aliphatic heterocycles. The number of rotatable bonds is 7. The van der Waals surface area contributed by atoms with Crippen molar-refractivity contribution in [1.29, 1.82) is 0 Å². The number of benzene rings is 1. The summed E-state index contributed by atoms with van der Waals surface area (Å²) in [5, 5.41) is 8.29. The van der Waals surface area contributed by atoms with E-state index >= 15 is 0 Å². The van der Waals surface area contributed by atoms with Gasteiger partial charge < -0.3 is 9.88 Å². The second kappa shape index (κ2) is 6.53. The number of aryl methyl sites for hydroxylation is 1. The summed E-state index contributed by atoms with van der Waals surface area (Å²) < 4.78 is 24.9. The summed E-state index contributed by atoms with van der Waals surface area (Å²) >= 11 is 0. The van der Waals surface area contributed by atoms with Gasteiger partial charge in [0.1, 0.15) is 4.90 Å². The molecule has 0 radical (unpaired) electrons. The molecule has 6 nitrogen and oxygen atoms in total. The number of primary sulfonamides is 1. The van der Waals surface area contributed by atoms with Crippen molar-refractivity contribution >= 4 is 15.7 Å². The first-order chi connectivity index (χ1) is 9.57. The molecule has 0 aliphatic rings. The maximum atomic E-state index is 11.4. The van der Waals surface area contributed by atoms with Gasteiger partial charge >= 0.3 is 0 Å². The first-order valence-corrected chi connectivity index (χ1v) is 7.93. The van der Waals surface area contributed by atoms with Crippen molar-refractivity contribution in [2.75, 3.05) is 11.9 Å². The van der Waals surface area contributed by atoms with Crippen LogP contribution in [0.2, 0.25) is 0 Å². The number of unbranched alkanes of at least 4 members (excludes halogenated alkanes) is 1. The van der Waals surface area contributed by atoms with E-state index in [2.05, 4.69) is 10.3 Å². The van der Waals surface area contributed by atoms with Crippen molar-refractivity contribution in [3.8, 4) is 0 Å². The number of anilines is 1. The summed E-state index contributed by atoms with van der Waals surface area (Å²) in [5.41, 5.74) is 0.553. The lowest BCUT2D eigenvalue weighted by atomic mass is 10.2. The Morgan fingerprint density at radius 1 is 1.25 bits per heavy atom. The number of nitrogens with zero attached hydrogens (tertiary/aromatic N) is 2. The Labute approximate surface area is 118 Å². The van der Waals surface area contributed by atoms with E-state index in [1.807, 2.05) is 10.8 Å². The van der Waals surface area contributed by atoms with Gasteiger partial charge in [0, 0.05) is 25.5 Å². The molecule has 1 heterocycles. The van der Waals surface area contributed by atoms with E-state index in [0.717, 1.165) is 19.4 Å². The number of aromatic nitrogens is 2. The summed E-state index contributed by atoms with van der Waals surface area (Å²) in [4.78, 5) is 4.11. The zero-order valence-corrected chi connectivity index (χ0v) is 11.9. The minimum absolute atomic E-state index is 0.134. The maximum absolute atomic E-state index is 11.4. The van der Waals surface area contributed by atoms with Gasteiger partial charge in [-0.05, 0) is 25.0 Å². The maximum Gasteiger partial charge on any atom is 0.240 e. The summed E-state index contributed by atoms with van der Waals surface area (Å²) in [6.45, 7) is 1.60. The lowest BCUT2D eigenvalue weighted by Crippen LogP contribution is -2.15. The second-order valence-electron chi connectivity index (χ2n) is 4.48. The van der Waals surface area contributed by atoms with Crippen LogP contribution < -0.4 is 10.5 Å². The van der Waals surface area contributed by atoms with E-state index in [9.17, 15) is 8.42 Å². The molecular formula is C13H18N4O2S. The molecule has 0 unspecified atom stereocenters. The van der Waals surface area contributed by atoms with Crippen LogP contribution in [0.5, 0.6) is 0 Å². The fourth-order valence-electron chi connectivity index (χ4n) is 1.92. The largest absolute Gasteiger partial charge is 0.384 e. The average Bonchev–Trinajstić information content (AvgIpc) is 2.91. The minimum atomic E-state index is -3.69. The Bertz CT molecular complexity index is 638. The third-order valence-electron chi connectivity index (χ3n) is 2.91. The van der Waals surface area contributed by atoms with Gasteiger partial charge in [-0.2, -0.15) is 0 Å². The van der Waals surface area contributed by atoms with Crippen molar-refractivity contribution in [3.05, 3.63) is 43.0 Å². The lowest BCUT2D eigenvalue weighted by molar-refractivity contribution is 0.597. The molecule has 3 N–H and O–H groups in total. The number of nitrogens with two attached hydrogens (primary N) is 1. The van der Waals surface area contributed by atoms with E-state index in [-0.39, 0.29) is 4.90 Å². The topological polar surface area (TPSA) is 90.0 Å². The van der Waals surface area contributed by atoms with Gasteiger partial charge in [0.15, 0.2) is 0 Å². The number of nitrogens with one attached hydrogen (secondary N) is 1. The molecule has 0 fully saturated rings. The van der Waals surface area contributed by atoms with Crippen LogP contribution in [0.4, 0.5) is 5.69 Å². The standard InChI is InChI=1S/C13H18N4O2S/c14-20(18,19)13-6-2-1-5-12(13)16-7-3-4-9-17-10-8-15-11-17/h1-2,5-6,8,10-11,16H,3-4,7,9H2,(H2,14,18,19). The Morgan fingerprint density at radius 2 is 2.05 bits per heavy atom. The molecule has 0 bridgehead atoms. The van der Waals surface area contributed by atoms with Gasteiger partial charge in [-0.15, -0.1) is 0 Å². The summed E-state index contributed by atoms with van der Waals surface area (Å²) in [6.07, 6.45) is 7.37. The Kier molecular flexibility index (Phi) is 4.75. The number of para-hydroxylation sites is 1. The molecular weight excluding hydrogens is 276 g/mol. The van der Waals surface area contributed by atoms with E-state index in [4.69, 9.17) is 5.14 Å². The summed E-state index contributed by atoms with van der Waals surface area (Å²) in [7, 11) is -3.69. The summed E-state index contributed by atoms with van der Waals surface area (Å²) in [6, 6.07) is 6.66. The molecule has 2 rings (SSSR count). The number of hydrogen-bond donors (Lipinski definition) is 2. The smallest absolute Gasteiger partial charge is 0.240 e. The van der Waals surface area contributed by atoms with Crippen LogP contribution in [0.25, 0.3) is 0 Å². The average molecular weight is 294 g/mol. The van der Waals surface area contributed by atoms with Crippen LogP contribution in [0.15, 0.2) is 47.9 Å². The molecule has 1 aromatic heterocycles. The van der Waals surface area contributed by atoms with Crippen LogP contribution >= 0.6 is 0 Å². The fourth-order valence-corrected chi connectivity index (χ4v) is 2.64. The summed E-state index contributed by atoms with van der Waals surface area (Å²) in [5.74, 6) is 0. The molecule has 20 heavy (non-hydrogen) atoms. The van der Waals surface area contributed by atoms with Gasteiger partial charge in [-0.3, -0.25) is 0 Å². The van der Waals surface area contributed by atoms with Gasteiger partial charge in [-0.1, -0.05) is 12.1 Å². The van der Waals surface area contributed by atoms with Crippen LogP contribution in [-0.4, -0.2) is 24.5 Å². The van der Waals surface area contributed by atoms with Gasteiger partial charge in [0.05, 0.1) is 12.0 Å². The van der Waals surface area contributed by atoms with Gasteiger partial charge in [0.25, 0.3) is 0 Å². The van der Waals surface area contributed by atoms with Crippen molar-refractivity contribution in [1.82, 2.24) is 9.55 Å². The van der Waals surface area contributed by atoms with E-state index < -0.39 is 10.0 Å². The van der Waals surface area contributed by atoms with E-state index in [1.165, 1.54) is 6.07 Å². The molecule has 0 atom stereocenters. The van der Waals surface area contributed by atoms with Crippen LogP contribution in [-0.2, 0) is 16.6 Å². The van der Waals surface area contributed by atoms with Crippen molar-refractivity contribution < 1.29 is 8.42 Å². The third kappa shape index (κ3) is 4.07. The molecule has 1 aromatic carbocycles. The number of sulfonamides is 1. The predicted molar refractivity (Wildman–Crippen MR) is 77.8 cm³/mol. The second-order valence-corrected chi connectivity index (χ2v) is 6.01. The molecule has 7 heteroatoms. The van der Waals surface area contributed by atoms with Gasteiger partial charge in [-0.25, -0.2) is 18.5 Å². The van der Waals surface area contributed by atoms with Gasteiger partial charge in [0.2, 0.25) is 10.0 Å². The molecule has 0 saturated heterocycles. The Morgan fingerprint density at radius 3 is 2.75 bits per heavy atom. The first kappa shape index (κ1) is 14.5. The highest BCUT2D eigenvalue weighted by Crippen LogP contribution is 2.19. The Balaban J connectivity index is 1.82. The molecule has 2 aromatic rings. The minimum Gasteiger partial charge on any atom is -0.384 e. The SMILES string of the molecule is NS(=O)(=O)c1ccccc1NCCCCn1ccnc1. The predicted octanol–water partition coefficient (Wildman–Crippen LogP) is 1.42. The van der Waals surface area contributed by atoms with E-state index in [1.54, 1.807) is 30.7 Å². The Hall–Kier alpha value is -1.86. The quantitative estimate of drug-likeness (QED) is 0.756. The van der Waals surface area contributed by atoms with E-state index in [0.29, 0.717) is 12.2 Å². The molecule has 0 amide bonds. The number of hydrogen-bond acceptors (Lipinski definition) is 4. The first-order valence-electron chi connectivity index (χ1n) is 6.39. The van der Waals surface area contributed by atoms with Crippen molar-refractivity contribution in [2.45, 2.75) is 24.3 Å². The third-order valence-corrected chi connectivity index (χ3v) is 3.88. The van der Waals surface area contributed by atoms with Crippen LogP contribution in [0.1, 0.15) is 12.8 Å². The highest BCUT2D eigenvalue weighted by molar-refractivity contribution is 7.89. The molecule has 0 saturated carbocycles.